The topological polar surface area (TPSA) is 68.5 Å². The number of aromatic nitrogens is 2. The molecule has 1 spiro atoms. The van der Waals surface area contributed by atoms with Gasteiger partial charge in [-0.25, -0.2) is 9.97 Å². The molecule has 5 rings (SSSR count). The van der Waals surface area contributed by atoms with Crippen molar-refractivity contribution < 1.29 is 13.9 Å². The molecule has 0 unspecified atom stereocenters. The zero-order valence-electron chi connectivity index (χ0n) is 12.3. The number of nitrogens with zero attached hydrogens (tertiary/aromatic N) is 3. The third-order valence-electron chi connectivity index (χ3n) is 4.77. The molecule has 7 heteroatoms. The standard InChI is InChI=1S/C16H14BrN3O3/c17-13-4-3-12(23-13)15(21)20-7-16(8-20)10-5-18-14(9-1-2-9)19-11(10)6-22-16/h3-5,9H,1-2,6-8H2. The van der Waals surface area contributed by atoms with Gasteiger partial charge in [0, 0.05) is 17.7 Å². The summed E-state index contributed by atoms with van der Waals surface area (Å²) in [6.45, 7) is 1.54. The fourth-order valence-electron chi connectivity index (χ4n) is 3.31. The van der Waals surface area contributed by atoms with E-state index in [1.54, 1.807) is 17.0 Å². The van der Waals surface area contributed by atoms with E-state index in [0.717, 1.165) is 17.1 Å². The lowest BCUT2D eigenvalue weighted by atomic mass is 9.87. The molecule has 1 aliphatic carbocycles. The van der Waals surface area contributed by atoms with Crippen molar-refractivity contribution in [1.82, 2.24) is 14.9 Å². The number of fused-ring (bicyclic) bond motifs is 2. The Kier molecular flexibility index (Phi) is 2.76. The molecule has 118 valence electrons. The van der Waals surface area contributed by atoms with E-state index in [1.165, 1.54) is 12.8 Å². The fourth-order valence-corrected chi connectivity index (χ4v) is 3.61. The maximum atomic E-state index is 12.4. The lowest BCUT2D eigenvalue weighted by Crippen LogP contribution is -2.61. The van der Waals surface area contributed by atoms with E-state index >= 15 is 0 Å². The highest BCUT2D eigenvalue weighted by molar-refractivity contribution is 9.10. The van der Waals surface area contributed by atoms with Crippen LogP contribution in [0.2, 0.25) is 0 Å². The van der Waals surface area contributed by atoms with Crippen molar-refractivity contribution >= 4 is 21.8 Å². The molecule has 0 aromatic carbocycles. The highest BCUT2D eigenvalue weighted by Gasteiger charge is 2.53. The van der Waals surface area contributed by atoms with Crippen LogP contribution in [0.25, 0.3) is 0 Å². The van der Waals surface area contributed by atoms with Gasteiger partial charge in [0.2, 0.25) is 0 Å². The van der Waals surface area contributed by atoms with E-state index in [9.17, 15) is 4.79 Å². The summed E-state index contributed by atoms with van der Waals surface area (Å²) in [6.07, 6.45) is 4.27. The van der Waals surface area contributed by atoms with Crippen LogP contribution in [0.15, 0.2) is 27.4 Å². The second kappa shape index (κ2) is 4.64. The van der Waals surface area contributed by atoms with Crippen molar-refractivity contribution in [3.05, 3.63) is 45.8 Å². The fraction of sp³-hybridized carbons (Fsp3) is 0.438. The van der Waals surface area contributed by atoms with Crippen molar-refractivity contribution in [3.63, 3.8) is 0 Å². The first-order chi connectivity index (χ1) is 11.1. The van der Waals surface area contributed by atoms with Crippen LogP contribution >= 0.6 is 15.9 Å². The zero-order chi connectivity index (χ0) is 15.6. The molecule has 2 aromatic heterocycles. The summed E-state index contributed by atoms with van der Waals surface area (Å²) >= 11 is 3.22. The summed E-state index contributed by atoms with van der Waals surface area (Å²) in [5.41, 5.74) is 1.58. The number of amides is 1. The minimum atomic E-state index is -0.434. The Morgan fingerprint density at radius 1 is 1.35 bits per heavy atom. The molecule has 6 nitrogen and oxygen atoms in total. The van der Waals surface area contributed by atoms with Gasteiger partial charge in [0.15, 0.2) is 10.4 Å². The smallest absolute Gasteiger partial charge is 0.289 e. The molecule has 4 heterocycles. The molecule has 2 aliphatic heterocycles. The molecule has 2 fully saturated rings. The zero-order valence-corrected chi connectivity index (χ0v) is 13.9. The molecule has 3 aliphatic rings. The average Bonchev–Trinajstić information content (AvgIpc) is 3.17. The summed E-state index contributed by atoms with van der Waals surface area (Å²) < 4.78 is 11.9. The van der Waals surface area contributed by atoms with Gasteiger partial charge in [-0.2, -0.15) is 0 Å². The molecule has 2 aromatic rings. The first kappa shape index (κ1) is 13.7. The Morgan fingerprint density at radius 2 is 2.17 bits per heavy atom. The number of rotatable bonds is 2. The van der Waals surface area contributed by atoms with Gasteiger partial charge in [-0.05, 0) is 40.9 Å². The number of furan rings is 1. The van der Waals surface area contributed by atoms with E-state index in [0.29, 0.717) is 36.0 Å². The van der Waals surface area contributed by atoms with E-state index in [-0.39, 0.29) is 5.91 Å². The second-order valence-corrected chi connectivity index (χ2v) is 7.19. The van der Waals surface area contributed by atoms with Crippen LogP contribution in [0.5, 0.6) is 0 Å². The first-order valence-corrected chi connectivity index (χ1v) is 8.49. The normalized spacial score (nSPS) is 21.3. The molecule has 0 atom stereocenters. The molecule has 0 N–H and O–H groups in total. The molecule has 1 saturated heterocycles. The van der Waals surface area contributed by atoms with Crippen molar-refractivity contribution in [1.29, 1.82) is 0 Å². The van der Waals surface area contributed by atoms with Crippen molar-refractivity contribution in [2.75, 3.05) is 13.1 Å². The SMILES string of the molecule is O=C(c1ccc(Br)o1)N1CC2(C1)OCc1nc(C3CC3)ncc12. The van der Waals surface area contributed by atoms with Gasteiger partial charge in [0.1, 0.15) is 11.4 Å². The third kappa shape index (κ3) is 2.06. The van der Waals surface area contributed by atoms with E-state index in [2.05, 4.69) is 25.9 Å². The molecule has 23 heavy (non-hydrogen) atoms. The molecule has 1 saturated carbocycles. The van der Waals surface area contributed by atoms with Gasteiger partial charge in [-0.3, -0.25) is 4.79 Å². The first-order valence-electron chi connectivity index (χ1n) is 7.69. The Hall–Kier alpha value is -1.73. The Bertz CT molecular complexity index is 809. The van der Waals surface area contributed by atoms with Crippen LogP contribution in [-0.2, 0) is 16.9 Å². The van der Waals surface area contributed by atoms with Gasteiger partial charge >= 0.3 is 0 Å². The molecule has 1 amide bonds. The maximum absolute atomic E-state index is 12.4. The second-order valence-electron chi connectivity index (χ2n) is 6.41. The van der Waals surface area contributed by atoms with Crippen LogP contribution < -0.4 is 0 Å². The number of likely N-dealkylation sites (tertiary alicyclic amines) is 1. The number of hydrogen-bond donors (Lipinski definition) is 0. The van der Waals surface area contributed by atoms with Crippen molar-refractivity contribution in [2.45, 2.75) is 31.0 Å². The van der Waals surface area contributed by atoms with Gasteiger partial charge < -0.3 is 14.1 Å². The predicted molar refractivity (Wildman–Crippen MR) is 82.8 cm³/mol. The maximum Gasteiger partial charge on any atom is 0.289 e. The summed E-state index contributed by atoms with van der Waals surface area (Å²) in [4.78, 5) is 23.3. The summed E-state index contributed by atoms with van der Waals surface area (Å²) in [7, 11) is 0. The minimum absolute atomic E-state index is 0.117. The Balaban J connectivity index is 1.36. The number of carbonyl (C=O) groups is 1. The largest absolute Gasteiger partial charge is 0.444 e. The highest BCUT2D eigenvalue weighted by atomic mass is 79.9. The van der Waals surface area contributed by atoms with Crippen molar-refractivity contribution in [2.24, 2.45) is 0 Å². The lowest BCUT2D eigenvalue weighted by Gasteiger charge is -2.46. The van der Waals surface area contributed by atoms with E-state index in [4.69, 9.17) is 9.15 Å². The number of ether oxygens (including phenoxy) is 1. The monoisotopic (exact) mass is 375 g/mol. The molecular formula is C16H14BrN3O3. The van der Waals surface area contributed by atoms with Crippen LogP contribution in [-0.4, -0.2) is 33.9 Å². The third-order valence-corrected chi connectivity index (χ3v) is 5.19. The van der Waals surface area contributed by atoms with E-state index < -0.39 is 5.60 Å². The van der Waals surface area contributed by atoms with Crippen LogP contribution in [0, 0.1) is 0 Å². The van der Waals surface area contributed by atoms with Crippen LogP contribution in [0.3, 0.4) is 0 Å². The minimum Gasteiger partial charge on any atom is -0.444 e. The Labute approximate surface area is 141 Å². The Morgan fingerprint density at radius 3 is 2.87 bits per heavy atom. The lowest BCUT2D eigenvalue weighted by molar-refractivity contribution is -0.127. The molecular weight excluding hydrogens is 362 g/mol. The van der Waals surface area contributed by atoms with Crippen LogP contribution in [0.4, 0.5) is 0 Å². The predicted octanol–water partition coefficient (Wildman–Crippen LogP) is 2.59. The summed E-state index contributed by atoms with van der Waals surface area (Å²) in [6, 6.07) is 3.39. The van der Waals surface area contributed by atoms with E-state index in [1.807, 2.05) is 6.20 Å². The van der Waals surface area contributed by atoms with Gasteiger partial charge in [-0.15, -0.1) is 0 Å². The highest BCUT2D eigenvalue weighted by Crippen LogP contribution is 2.45. The number of hydrogen-bond acceptors (Lipinski definition) is 5. The summed E-state index contributed by atoms with van der Waals surface area (Å²) in [5, 5.41) is 0. The number of halogens is 1. The van der Waals surface area contributed by atoms with Crippen LogP contribution in [0.1, 0.15) is 46.4 Å². The quantitative estimate of drug-likeness (QED) is 0.806. The van der Waals surface area contributed by atoms with Gasteiger partial charge in [0.25, 0.3) is 5.91 Å². The van der Waals surface area contributed by atoms with Crippen molar-refractivity contribution in [3.8, 4) is 0 Å². The van der Waals surface area contributed by atoms with Gasteiger partial charge in [0.05, 0.1) is 25.4 Å². The van der Waals surface area contributed by atoms with Gasteiger partial charge in [-0.1, -0.05) is 0 Å². The average molecular weight is 376 g/mol. The molecule has 0 bridgehead atoms. The summed E-state index contributed by atoms with van der Waals surface area (Å²) in [5.74, 6) is 1.70. The molecule has 0 radical (unpaired) electrons. The number of carbonyl (C=O) groups excluding carboxylic acids is 1.